The number of aryl methyl sites for hydroxylation is 2. The highest BCUT2D eigenvalue weighted by Gasteiger charge is 2.12. The van der Waals surface area contributed by atoms with Crippen molar-refractivity contribution in [3.63, 3.8) is 0 Å². The lowest BCUT2D eigenvalue weighted by atomic mass is 10.2. The van der Waals surface area contributed by atoms with Gasteiger partial charge in [0.1, 0.15) is 0 Å². The second-order valence-electron chi connectivity index (χ2n) is 4.80. The minimum Gasteiger partial charge on any atom is -0.296 e. The van der Waals surface area contributed by atoms with E-state index in [-0.39, 0.29) is 0 Å². The standard InChI is InChI=1S/C14H16N6S/c1-3-12-11(8-19(2)18-12)9-20-13(16-17-14(20)21)10-4-6-15-7-5-10/h4-8H,3,9H2,1-2H3,(H,17,21). The number of H-pyrrole nitrogens is 1. The van der Waals surface area contributed by atoms with Crippen molar-refractivity contribution in [2.45, 2.75) is 19.9 Å². The highest BCUT2D eigenvalue weighted by Crippen LogP contribution is 2.18. The van der Waals surface area contributed by atoms with Crippen LogP contribution in [0.4, 0.5) is 0 Å². The minimum absolute atomic E-state index is 0.604. The van der Waals surface area contributed by atoms with Crippen molar-refractivity contribution in [3.05, 3.63) is 46.8 Å². The van der Waals surface area contributed by atoms with Crippen molar-refractivity contribution in [2.75, 3.05) is 0 Å². The normalized spacial score (nSPS) is 11.0. The topological polar surface area (TPSA) is 64.3 Å². The molecule has 0 aliphatic carbocycles. The molecule has 0 atom stereocenters. The van der Waals surface area contributed by atoms with Gasteiger partial charge < -0.3 is 0 Å². The third kappa shape index (κ3) is 2.64. The predicted molar refractivity (Wildman–Crippen MR) is 82.3 cm³/mol. The van der Waals surface area contributed by atoms with Crippen LogP contribution in [0.3, 0.4) is 0 Å². The number of rotatable bonds is 4. The lowest BCUT2D eigenvalue weighted by Crippen LogP contribution is -2.04. The fourth-order valence-electron chi connectivity index (χ4n) is 2.37. The molecule has 3 aromatic heterocycles. The van der Waals surface area contributed by atoms with E-state index in [1.807, 2.05) is 34.6 Å². The monoisotopic (exact) mass is 300 g/mol. The van der Waals surface area contributed by atoms with Crippen LogP contribution in [0.5, 0.6) is 0 Å². The molecule has 3 heterocycles. The lowest BCUT2D eigenvalue weighted by molar-refractivity contribution is 0.746. The minimum atomic E-state index is 0.604. The predicted octanol–water partition coefficient (Wildman–Crippen LogP) is 2.35. The third-order valence-corrected chi connectivity index (χ3v) is 3.66. The first-order valence-electron chi connectivity index (χ1n) is 6.76. The van der Waals surface area contributed by atoms with Crippen LogP contribution in [0.2, 0.25) is 0 Å². The number of hydrogen-bond acceptors (Lipinski definition) is 4. The summed E-state index contributed by atoms with van der Waals surface area (Å²) in [5.74, 6) is 0.813. The summed E-state index contributed by atoms with van der Waals surface area (Å²) < 4.78 is 4.43. The zero-order chi connectivity index (χ0) is 14.8. The summed E-state index contributed by atoms with van der Waals surface area (Å²) in [5.41, 5.74) is 3.23. The van der Waals surface area contributed by atoms with Gasteiger partial charge >= 0.3 is 0 Å². The van der Waals surface area contributed by atoms with E-state index in [1.165, 1.54) is 0 Å². The molecule has 0 unspecified atom stereocenters. The van der Waals surface area contributed by atoms with E-state index in [4.69, 9.17) is 12.2 Å². The molecule has 1 N–H and O–H groups in total. The van der Waals surface area contributed by atoms with Gasteiger partial charge in [-0.25, -0.2) is 0 Å². The Labute approximate surface area is 127 Å². The first-order chi connectivity index (χ1) is 10.2. The van der Waals surface area contributed by atoms with Crippen LogP contribution >= 0.6 is 12.2 Å². The molecule has 0 saturated carbocycles. The maximum Gasteiger partial charge on any atom is 0.195 e. The number of nitrogens with one attached hydrogen (secondary N) is 1. The van der Waals surface area contributed by atoms with Crippen molar-refractivity contribution >= 4 is 12.2 Å². The van der Waals surface area contributed by atoms with Crippen LogP contribution in [-0.2, 0) is 20.0 Å². The molecule has 6 nitrogen and oxygen atoms in total. The molecular formula is C14H16N6S. The Morgan fingerprint density at radius 3 is 2.76 bits per heavy atom. The number of pyridine rings is 1. The molecule has 21 heavy (non-hydrogen) atoms. The smallest absolute Gasteiger partial charge is 0.195 e. The van der Waals surface area contributed by atoms with Crippen LogP contribution in [0.1, 0.15) is 18.2 Å². The summed E-state index contributed by atoms with van der Waals surface area (Å²) in [5, 5.41) is 11.7. The van der Waals surface area contributed by atoms with Gasteiger partial charge in [-0.2, -0.15) is 10.2 Å². The molecule has 7 heteroatoms. The van der Waals surface area contributed by atoms with Crippen molar-refractivity contribution < 1.29 is 0 Å². The Bertz CT molecular complexity index is 798. The summed E-state index contributed by atoms with van der Waals surface area (Å²) in [7, 11) is 1.93. The molecule has 0 radical (unpaired) electrons. The molecule has 0 amide bonds. The molecule has 0 aliphatic heterocycles. The molecular weight excluding hydrogens is 284 g/mol. The molecule has 0 saturated heterocycles. The largest absolute Gasteiger partial charge is 0.296 e. The van der Waals surface area contributed by atoms with Crippen molar-refractivity contribution in [1.29, 1.82) is 0 Å². The fourth-order valence-corrected chi connectivity index (χ4v) is 2.57. The van der Waals surface area contributed by atoms with Crippen molar-refractivity contribution in [1.82, 2.24) is 29.5 Å². The highest BCUT2D eigenvalue weighted by atomic mass is 32.1. The summed E-state index contributed by atoms with van der Waals surface area (Å²) in [4.78, 5) is 4.04. The van der Waals surface area contributed by atoms with Gasteiger partial charge in [-0.1, -0.05) is 6.92 Å². The zero-order valence-electron chi connectivity index (χ0n) is 11.9. The Balaban J connectivity index is 2.03. The molecule has 0 aliphatic rings. The number of hydrogen-bond donors (Lipinski definition) is 1. The van der Waals surface area contributed by atoms with Crippen LogP contribution in [0.25, 0.3) is 11.4 Å². The summed E-state index contributed by atoms with van der Waals surface area (Å²) in [6.45, 7) is 2.76. The van der Waals surface area contributed by atoms with E-state index in [0.717, 1.165) is 29.1 Å². The molecule has 3 rings (SSSR count). The SMILES string of the molecule is CCc1nn(C)cc1Cn1c(-c2ccncc2)n[nH]c1=S. The fraction of sp³-hybridized carbons (Fsp3) is 0.286. The average Bonchev–Trinajstić information content (AvgIpc) is 3.04. The van der Waals surface area contributed by atoms with E-state index in [9.17, 15) is 0 Å². The van der Waals surface area contributed by atoms with Gasteiger partial charge in [0.25, 0.3) is 0 Å². The molecule has 3 aromatic rings. The van der Waals surface area contributed by atoms with Gasteiger partial charge in [0.2, 0.25) is 0 Å². The number of aromatic amines is 1. The zero-order valence-corrected chi connectivity index (χ0v) is 12.8. The molecule has 0 fully saturated rings. The van der Waals surface area contributed by atoms with Gasteiger partial charge in [-0.05, 0) is 30.8 Å². The molecule has 0 bridgehead atoms. The van der Waals surface area contributed by atoms with Gasteiger partial charge in [0, 0.05) is 36.8 Å². The maximum absolute atomic E-state index is 5.36. The first kappa shape index (κ1) is 13.7. The van der Waals surface area contributed by atoms with Crippen LogP contribution in [0.15, 0.2) is 30.7 Å². The first-order valence-corrected chi connectivity index (χ1v) is 7.17. The van der Waals surface area contributed by atoms with Crippen molar-refractivity contribution in [2.24, 2.45) is 7.05 Å². The van der Waals surface area contributed by atoms with E-state index in [1.54, 1.807) is 12.4 Å². The Hall–Kier alpha value is -2.28. The second kappa shape index (κ2) is 5.61. The van der Waals surface area contributed by atoms with Crippen LogP contribution < -0.4 is 0 Å². The van der Waals surface area contributed by atoms with Crippen LogP contribution in [-0.4, -0.2) is 29.5 Å². The van der Waals surface area contributed by atoms with Gasteiger partial charge in [0.05, 0.1) is 12.2 Å². The number of aromatic nitrogens is 6. The lowest BCUT2D eigenvalue weighted by Gasteiger charge is -2.06. The summed E-state index contributed by atoms with van der Waals surface area (Å²) >= 11 is 5.36. The Morgan fingerprint density at radius 2 is 2.05 bits per heavy atom. The molecule has 0 aromatic carbocycles. The molecule has 0 spiro atoms. The van der Waals surface area contributed by atoms with E-state index in [2.05, 4.69) is 27.2 Å². The van der Waals surface area contributed by atoms with Crippen LogP contribution in [0, 0.1) is 4.77 Å². The van der Waals surface area contributed by atoms with Gasteiger partial charge in [-0.3, -0.25) is 19.3 Å². The summed E-state index contributed by atoms with van der Waals surface area (Å²) in [6, 6.07) is 3.84. The maximum atomic E-state index is 5.36. The van der Waals surface area contributed by atoms with E-state index < -0.39 is 0 Å². The molecule has 108 valence electrons. The third-order valence-electron chi connectivity index (χ3n) is 3.35. The van der Waals surface area contributed by atoms with E-state index >= 15 is 0 Å². The Morgan fingerprint density at radius 1 is 1.29 bits per heavy atom. The summed E-state index contributed by atoms with van der Waals surface area (Å²) in [6.07, 6.45) is 6.42. The van der Waals surface area contributed by atoms with Crippen molar-refractivity contribution in [3.8, 4) is 11.4 Å². The second-order valence-corrected chi connectivity index (χ2v) is 5.19. The Kier molecular flexibility index (Phi) is 3.66. The highest BCUT2D eigenvalue weighted by molar-refractivity contribution is 7.71. The quantitative estimate of drug-likeness (QED) is 0.751. The van der Waals surface area contributed by atoms with E-state index in [0.29, 0.717) is 11.3 Å². The van der Waals surface area contributed by atoms with Gasteiger partial charge in [0.15, 0.2) is 10.6 Å². The number of nitrogens with zero attached hydrogens (tertiary/aromatic N) is 5. The average molecular weight is 300 g/mol. The van der Waals surface area contributed by atoms with Gasteiger partial charge in [-0.15, -0.1) is 0 Å².